The lowest BCUT2D eigenvalue weighted by Gasteiger charge is -2.36. The maximum absolute atomic E-state index is 13.4. The molecule has 3 aromatic rings. The van der Waals surface area contributed by atoms with Gasteiger partial charge < -0.3 is 4.90 Å². The van der Waals surface area contributed by atoms with Crippen molar-refractivity contribution < 1.29 is 17.6 Å². The zero-order valence-electron chi connectivity index (χ0n) is 19.5. The minimum Gasteiger partial charge on any atom is -0.320 e. The van der Waals surface area contributed by atoms with Crippen molar-refractivity contribution >= 4 is 27.4 Å². The van der Waals surface area contributed by atoms with Crippen LogP contribution < -0.4 is 9.62 Å². The van der Waals surface area contributed by atoms with Gasteiger partial charge in [0.2, 0.25) is 0 Å². The maximum Gasteiger partial charge on any atom is 0.324 e. The molecule has 6 nitrogen and oxygen atoms in total. The highest BCUT2D eigenvalue weighted by molar-refractivity contribution is 7.92. The minimum absolute atomic E-state index is 0.0531. The van der Waals surface area contributed by atoms with Crippen molar-refractivity contribution in [2.45, 2.75) is 38.6 Å². The first kappa shape index (κ1) is 23.8. The molecular weight excluding hydrogens is 453 g/mol. The fourth-order valence-corrected chi connectivity index (χ4v) is 5.12. The molecule has 8 heteroatoms. The highest BCUT2D eigenvalue weighted by Crippen LogP contribution is 2.32. The van der Waals surface area contributed by atoms with Gasteiger partial charge in [0.25, 0.3) is 10.0 Å². The molecule has 0 bridgehead atoms. The van der Waals surface area contributed by atoms with E-state index in [0.29, 0.717) is 31.0 Å². The largest absolute Gasteiger partial charge is 0.324 e. The van der Waals surface area contributed by atoms with Crippen LogP contribution in [0.5, 0.6) is 0 Å². The second-order valence-electron chi connectivity index (χ2n) is 8.71. The summed E-state index contributed by atoms with van der Waals surface area (Å²) in [6.07, 6.45) is 0.759. The standard InChI is InChI=1S/C26H28FN3O3S/c1-18-5-12-25(24(15-18)28-34(32,33)23-10-8-22(27)9-11-23)30-14-4-13-29(26(30)31)17-21-7-6-19(2)20(3)16-21/h5-12,15-16,28H,4,13-14,17H2,1-3H3. The normalized spacial score (nSPS) is 14.4. The van der Waals surface area contributed by atoms with Crippen molar-refractivity contribution in [3.8, 4) is 0 Å². The highest BCUT2D eigenvalue weighted by atomic mass is 32.2. The zero-order valence-corrected chi connectivity index (χ0v) is 20.3. The van der Waals surface area contributed by atoms with Crippen LogP contribution in [0.1, 0.15) is 28.7 Å². The molecule has 1 heterocycles. The monoisotopic (exact) mass is 481 g/mol. The number of carbonyl (C=O) groups is 1. The van der Waals surface area contributed by atoms with E-state index in [1.54, 1.807) is 21.9 Å². The lowest BCUT2D eigenvalue weighted by molar-refractivity contribution is 0.192. The average molecular weight is 482 g/mol. The first-order valence-corrected chi connectivity index (χ1v) is 12.6. The Morgan fingerprint density at radius 3 is 2.35 bits per heavy atom. The third-order valence-electron chi connectivity index (χ3n) is 6.07. The Hall–Kier alpha value is -3.39. The Morgan fingerprint density at radius 2 is 1.65 bits per heavy atom. The van der Waals surface area contributed by atoms with Crippen LogP contribution in [-0.4, -0.2) is 32.4 Å². The number of hydrogen-bond donors (Lipinski definition) is 1. The summed E-state index contributed by atoms with van der Waals surface area (Å²) in [5.74, 6) is -0.516. The van der Waals surface area contributed by atoms with Crippen LogP contribution >= 0.6 is 0 Å². The number of nitrogens with zero attached hydrogens (tertiary/aromatic N) is 2. The molecule has 34 heavy (non-hydrogen) atoms. The van der Waals surface area contributed by atoms with Gasteiger partial charge in [-0.05, 0) is 85.8 Å². The van der Waals surface area contributed by atoms with E-state index < -0.39 is 15.8 Å². The van der Waals surface area contributed by atoms with Gasteiger partial charge in [-0.1, -0.05) is 24.3 Å². The van der Waals surface area contributed by atoms with Crippen LogP contribution in [-0.2, 0) is 16.6 Å². The Balaban J connectivity index is 1.61. The van der Waals surface area contributed by atoms with Crippen LogP contribution in [0.15, 0.2) is 65.6 Å². The SMILES string of the molecule is Cc1ccc(N2CCCN(Cc3ccc(C)c(C)c3)C2=O)c(NS(=O)(=O)c2ccc(F)cc2)c1. The summed E-state index contributed by atoms with van der Waals surface area (Å²) in [5.41, 5.74) is 5.08. The van der Waals surface area contributed by atoms with E-state index in [1.165, 1.54) is 23.3 Å². The van der Waals surface area contributed by atoms with Gasteiger partial charge in [-0.25, -0.2) is 17.6 Å². The summed E-state index contributed by atoms with van der Waals surface area (Å²) in [6.45, 7) is 7.55. The number of urea groups is 1. The van der Waals surface area contributed by atoms with E-state index in [-0.39, 0.29) is 10.9 Å². The van der Waals surface area contributed by atoms with E-state index in [2.05, 4.69) is 30.7 Å². The predicted molar refractivity (Wildman–Crippen MR) is 132 cm³/mol. The van der Waals surface area contributed by atoms with Gasteiger partial charge in [0.15, 0.2) is 0 Å². The second-order valence-corrected chi connectivity index (χ2v) is 10.4. The van der Waals surface area contributed by atoms with Crippen LogP contribution in [0.3, 0.4) is 0 Å². The van der Waals surface area contributed by atoms with E-state index in [0.717, 1.165) is 29.7 Å². The van der Waals surface area contributed by atoms with Crippen LogP contribution in [0.2, 0.25) is 0 Å². The number of amides is 2. The molecule has 0 aromatic heterocycles. The molecule has 3 aromatic carbocycles. The number of nitrogens with one attached hydrogen (secondary N) is 1. The van der Waals surface area contributed by atoms with Crippen LogP contribution in [0, 0.1) is 26.6 Å². The first-order chi connectivity index (χ1) is 16.1. The summed E-state index contributed by atoms with van der Waals surface area (Å²) in [4.78, 5) is 16.8. The topological polar surface area (TPSA) is 69.7 Å². The quantitative estimate of drug-likeness (QED) is 0.514. The third-order valence-corrected chi connectivity index (χ3v) is 7.45. The molecule has 0 spiro atoms. The number of sulfonamides is 1. The summed E-state index contributed by atoms with van der Waals surface area (Å²) >= 11 is 0. The molecule has 178 valence electrons. The fraction of sp³-hybridized carbons (Fsp3) is 0.269. The second kappa shape index (κ2) is 9.46. The molecule has 1 N–H and O–H groups in total. The average Bonchev–Trinajstić information content (AvgIpc) is 2.78. The van der Waals surface area contributed by atoms with Crippen molar-refractivity contribution in [2.24, 2.45) is 0 Å². The van der Waals surface area contributed by atoms with Gasteiger partial charge in [-0.15, -0.1) is 0 Å². The van der Waals surface area contributed by atoms with Crippen molar-refractivity contribution in [2.75, 3.05) is 22.7 Å². The van der Waals surface area contributed by atoms with Crippen LogP contribution in [0.4, 0.5) is 20.6 Å². The van der Waals surface area contributed by atoms with E-state index in [1.807, 2.05) is 19.1 Å². The smallest absolute Gasteiger partial charge is 0.320 e. The molecule has 1 aliphatic rings. The molecule has 0 radical (unpaired) electrons. The Labute approximate surface area is 200 Å². The zero-order chi connectivity index (χ0) is 24.5. The fourth-order valence-electron chi connectivity index (χ4n) is 4.06. The summed E-state index contributed by atoms with van der Waals surface area (Å²) in [5, 5.41) is 0. The summed E-state index contributed by atoms with van der Waals surface area (Å²) in [6, 6.07) is 15.9. The number of benzene rings is 3. The van der Waals surface area contributed by atoms with Gasteiger partial charge in [0, 0.05) is 19.6 Å². The Bertz CT molecular complexity index is 1320. The Morgan fingerprint density at radius 1 is 0.912 bits per heavy atom. The van der Waals surface area contributed by atoms with Gasteiger partial charge in [-0.3, -0.25) is 9.62 Å². The molecular formula is C26H28FN3O3S. The number of aryl methyl sites for hydroxylation is 3. The lowest BCUT2D eigenvalue weighted by Crippen LogP contribution is -2.49. The van der Waals surface area contributed by atoms with Crippen molar-refractivity contribution in [3.05, 3.63) is 88.7 Å². The third kappa shape index (κ3) is 5.07. The van der Waals surface area contributed by atoms with Gasteiger partial charge in [-0.2, -0.15) is 0 Å². The maximum atomic E-state index is 13.4. The van der Waals surface area contributed by atoms with E-state index in [4.69, 9.17) is 0 Å². The molecule has 1 fully saturated rings. The summed E-state index contributed by atoms with van der Waals surface area (Å²) < 4.78 is 41.8. The molecule has 2 amide bonds. The minimum atomic E-state index is -3.96. The molecule has 1 aliphatic heterocycles. The van der Waals surface area contributed by atoms with Crippen molar-refractivity contribution in [1.82, 2.24) is 4.90 Å². The van der Waals surface area contributed by atoms with Gasteiger partial charge in [0.05, 0.1) is 16.3 Å². The predicted octanol–water partition coefficient (Wildman–Crippen LogP) is 5.38. The molecule has 0 unspecified atom stereocenters. The molecule has 1 saturated heterocycles. The number of hydrogen-bond acceptors (Lipinski definition) is 3. The number of anilines is 2. The molecule has 0 atom stereocenters. The summed E-state index contributed by atoms with van der Waals surface area (Å²) in [7, 11) is -3.96. The van der Waals surface area contributed by atoms with Crippen LogP contribution in [0.25, 0.3) is 0 Å². The molecule has 0 saturated carbocycles. The Kier molecular flexibility index (Phi) is 6.61. The van der Waals surface area contributed by atoms with Crippen molar-refractivity contribution in [3.63, 3.8) is 0 Å². The van der Waals surface area contributed by atoms with E-state index in [9.17, 15) is 17.6 Å². The van der Waals surface area contributed by atoms with Gasteiger partial charge in [0.1, 0.15) is 5.82 Å². The van der Waals surface area contributed by atoms with Crippen molar-refractivity contribution in [1.29, 1.82) is 0 Å². The van der Waals surface area contributed by atoms with E-state index >= 15 is 0 Å². The highest BCUT2D eigenvalue weighted by Gasteiger charge is 2.29. The lowest BCUT2D eigenvalue weighted by atomic mass is 10.1. The number of rotatable bonds is 6. The van der Waals surface area contributed by atoms with Gasteiger partial charge >= 0.3 is 6.03 Å². The number of halogens is 1. The molecule has 4 rings (SSSR count). The number of carbonyl (C=O) groups excluding carboxylic acids is 1. The first-order valence-electron chi connectivity index (χ1n) is 11.2. The molecule has 0 aliphatic carbocycles.